The van der Waals surface area contributed by atoms with E-state index >= 15 is 0 Å². The number of nitrogens with zero attached hydrogens (tertiary/aromatic N) is 3. The van der Waals surface area contributed by atoms with E-state index in [-0.39, 0.29) is 10.9 Å². The average molecular weight is 304 g/mol. The summed E-state index contributed by atoms with van der Waals surface area (Å²) in [7, 11) is 1.61. The largest absolute Gasteiger partial charge is 0.383 e. The van der Waals surface area contributed by atoms with Crippen LogP contribution in [0.2, 0.25) is 5.02 Å². The van der Waals surface area contributed by atoms with Gasteiger partial charge in [-0.15, -0.1) is 21.8 Å². The predicted molar refractivity (Wildman–Crippen MR) is 71.9 cm³/mol. The molecule has 102 valence electrons. The Morgan fingerprint density at radius 1 is 1.37 bits per heavy atom. The Bertz CT molecular complexity index is 574. The Labute approximate surface area is 120 Å². The molecule has 1 aromatic heterocycles. The lowest BCUT2D eigenvalue weighted by atomic mass is 10.2. The van der Waals surface area contributed by atoms with Gasteiger partial charge in [0.05, 0.1) is 17.5 Å². The summed E-state index contributed by atoms with van der Waals surface area (Å²) in [6, 6.07) is 4.42. The maximum Gasteiger partial charge on any atom is 0.164 e. The van der Waals surface area contributed by atoms with E-state index < -0.39 is 5.82 Å². The summed E-state index contributed by atoms with van der Waals surface area (Å²) < 4.78 is 20.0. The fourth-order valence-electron chi connectivity index (χ4n) is 1.70. The molecule has 0 aliphatic carbocycles. The van der Waals surface area contributed by atoms with Crippen LogP contribution < -0.4 is 0 Å². The first-order chi connectivity index (χ1) is 9.17. The maximum absolute atomic E-state index is 13.2. The highest BCUT2D eigenvalue weighted by molar-refractivity contribution is 6.31. The summed E-state index contributed by atoms with van der Waals surface area (Å²) in [5, 5.41) is 8.12. The molecule has 2 aromatic rings. The smallest absolute Gasteiger partial charge is 0.164 e. The Balaban J connectivity index is 2.42. The SMILES string of the molecule is COCCn1c(CCl)nnc1-c1ccc(F)c(Cl)c1. The van der Waals surface area contributed by atoms with Crippen molar-refractivity contribution >= 4 is 23.2 Å². The van der Waals surface area contributed by atoms with Crippen LogP contribution in [0.25, 0.3) is 11.4 Å². The molecule has 0 spiro atoms. The second kappa shape index (κ2) is 6.32. The number of rotatable bonds is 5. The zero-order valence-electron chi connectivity index (χ0n) is 10.2. The van der Waals surface area contributed by atoms with Crippen LogP contribution in [0, 0.1) is 5.82 Å². The molecule has 0 aliphatic rings. The van der Waals surface area contributed by atoms with Crippen molar-refractivity contribution in [2.45, 2.75) is 12.4 Å². The summed E-state index contributed by atoms with van der Waals surface area (Å²) in [5.74, 6) is 1.00. The molecule has 0 radical (unpaired) electrons. The standard InChI is InChI=1S/C12H12Cl2FN3O/c1-19-5-4-18-11(7-13)16-17-12(18)8-2-3-10(15)9(14)6-8/h2-3,6H,4-5,7H2,1H3. The summed E-state index contributed by atoms with van der Waals surface area (Å²) >= 11 is 11.6. The monoisotopic (exact) mass is 303 g/mol. The molecule has 1 heterocycles. The maximum atomic E-state index is 13.2. The number of ether oxygens (including phenoxy) is 1. The van der Waals surface area contributed by atoms with E-state index in [1.54, 1.807) is 13.2 Å². The van der Waals surface area contributed by atoms with Crippen molar-refractivity contribution in [1.29, 1.82) is 0 Å². The molecule has 0 unspecified atom stereocenters. The van der Waals surface area contributed by atoms with Crippen LogP contribution in [0.1, 0.15) is 5.82 Å². The Morgan fingerprint density at radius 3 is 2.79 bits per heavy atom. The van der Waals surface area contributed by atoms with E-state index in [0.717, 1.165) is 0 Å². The molecule has 0 aliphatic heterocycles. The van der Waals surface area contributed by atoms with Gasteiger partial charge in [0.15, 0.2) is 5.82 Å². The lowest BCUT2D eigenvalue weighted by molar-refractivity contribution is 0.187. The number of benzene rings is 1. The summed E-state index contributed by atoms with van der Waals surface area (Å²) in [5.41, 5.74) is 0.686. The zero-order chi connectivity index (χ0) is 13.8. The second-order valence-electron chi connectivity index (χ2n) is 3.85. The number of hydrogen-bond acceptors (Lipinski definition) is 3. The Kier molecular flexibility index (Phi) is 4.74. The first-order valence-electron chi connectivity index (χ1n) is 5.59. The molecule has 0 N–H and O–H groups in total. The van der Waals surface area contributed by atoms with Crippen LogP contribution in [0.15, 0.2) is 18.2 Å². The molecule has 7 heteroatoms. The van der Waals surface area contributed by atoms with Gasteiger partial charge < -0.3 is 9.30 Å². The van der Waals surface area contributed by atoms with Crippen LogP contribution in [-0.4, -0.2) is 28.5 Å². The molecule has 1 aromatic carbocycles. The van der Waals surface area contributed by atoms with E-state index in [4.69, 9.17) is 27.9 Å². The first-order valence-corrected chi connectivity index (χ1v) is 6.51. The molecule has 0 saturated heterocycles. The third-order valence-corrected chi connectivity index (χ3v) is 3.17. The minimum absolute atomic E-state index is 0.0474. The van der Waals surface area contributed by atoms with E-state index in [9.17, 15) is 4.39 Å². The molecular weight excluding hydrogens is 292 g/mol. The fourth-order valence-corrected chi connectivity index (χ4v) is 2.08. The lowest BCUT2D eigenvalue weighted by Crippen LogP contribution is -2.09. The second-order valence-corrected chi connectivity index (χ2v) is 4.52. The topological polar surface area (TPSA) is 39.9 Å². The van der Waals surface area contributed by atoms with Gasteiger partial charge in [-0.3, -0.25) is 0 Å². The van der Waals surface area contributed by atoms with Gasteiger partial charge >= 0.3 is 0 Å². The Morgan fingerprint density at radius 2 is 2.16 bits per heavy atom. The van der Waals surface area contributed by atoms with E-state index in [2.05, 4.69) is 10.2 Å². The van der Waals surface area contributed by atoms with Crippen LogP contribution in [-0.2, 0) is 17.2 Å². The average Bonchev–Trinajstić information content (AvgIpc) is 2.82. The molecule has 0 fully saturated rings. The van der Waals surface area contributed by atoms with Crippen LogP contribution >= 0.6 is 23.2 Å². The zero-order valence-corrected chi connectivity index (χ0v) is 11.7. The number of hydrogen-bond donors (Lipinski definition) is 0. The number of methoxy groups -OCH3 is 1. The highest BCUT2D eigenvalue weighted by atomic mass is 35.5. The van der Waals surface area contributed by atoms with Crippen molar-refractivity contribution < 1.29 is 9.13 Å². The fraction of sp³-hybridized carbons (Fsp3) is 0.333. The highest BCUT2D eigenvalue weighted by Gasteiger charge is 2.14. The molecule has 0 atom stereocenters. The van der Waals surface area contributed by atoms with Crippen LogP contribution in [0.3, 0.4) is 0 Å². The van der Waals surface area contributed by atoms with E-state index in [1.165, 1.54) is 12.1 Å². The van der Waals surface area contributed by atoms with Gasteiger partial charge in [0, 0.05) is 19.2 Å². The van der Waals surface area contributed by atoms with Crippen LogP contribution in [0.4, 0.5) is 4.39 Å². The van der Waals surface area contributed by atoms with Crippen molar-refractivity contribution in [3.05, 3.63) is 34.9 Å². The number of halogens is 3. The minimum Gasteiger partial charge on any atom is -0.383 e. The van der Waals surface area contributed by atoms with Gasteiger partial charge in [-0.1, -0.05) is 11.6 Å². The number of alkyl halides is 1. The van der Waals surface area contributed by atoms with Gasteiger partial charge in [-0.25, -0.2) is 4.39 Å². The highest BCUT2D eigenvalue weighted by Crippen LogP contribution is 2.24. The molecule has 0 bridgehead atoms. The van der Waals surface area contributed by atoms with Crippen molar-refractivity contribution in [3.8, 4) is 11.4 Å². The molecule has 0 amide bonds. The van der Waals surface area contributed by atoms with E-state index in [1.807, 2.05) is 4.57 Å². The van der Waals surface area contributed by atoms with Gasteiger partial charge in [0.2, 0.25) is 0 Å². The predicted octanol–water partition coefficient (Wildman–Crippen LogP) is 3.12. The van der Waals surface area contributed by atoms with Gasteiger partial charge in [-0.2, -0.15) is 0 Å². The normalized spacial score (nSPS) is 10.9. The van der Waals surface area contributed by atoms with E-state index in [0.29, 0.717) is 30.4 Å². The van der Waals surface area contributed by atoms with Gasteiger partial charge in [0.25, 0.3) is 0 Å². The molecule has 0 saturated carbocycles. The summed E-state index contributed by atoms with van der Waals surface area (Å²) in [6.45, 7) is 1.07. The Hall–Kier alpha value is -1.17. The molecule has 4 nitrogen and oxygen atoms in total. The van der Waals surface area contributed by atoms with Crippen LogP contribution in [0.5, 0.6) is 0 Å². The molecular formula is C12H12Cl2FN3O. The lowest BCUT2D eigenvalue weighted by Gasteiger charge is -2.09. The first kappa shape index (κ1) is 14.2. The minimum atomic E-state index is -0.467. The molecule has 19 heavy (non-hydrogen) atoms. The van der Waals surface area contributed by atoms with Gasteiger partial charge in [0.1, 0.15) is 11.6 Å². The van der Waals surface area contributed by atoms with Crippen molar-refractivity contribution in [3.63, 3.8) is 0 Å². The number of aromatic nitrogens is 3. The van der Waals surface area contributed by atoms with Gasteiger partial charge in [-0.05, 0) is 18.2 Å². The van der Waals surface area contributed by atoms with Crippen molar-refractivity contribution in [2.75, 3.05) is 13.7 Å². The summed E-state index contributed by atoms with van der Waals surface area (Å²) in [6.07, 6.45) is 0. The molecule has 2 rings (SSSR count). The third-order valence-electron chi connectivity index (χ3n) is 2.64. The summed E-state index contributed by atoms with van der Waals surface area (Å²) in [4.78, 5) is 0. The van der Waals surface area contributed by atoms with Crippen molar-refractivity contribution in [1.82, 2.24) is 14.8 Å². The third kappa shape index (κ3) is 3.05. The van der Waals surface area contributed by atoms with Crippen molar-refractivity contribution in [2.24, 2.45) is 0 Å². The quantitative estimate of drug-likeness (QED) is 0.797.